The van der Waals surface area contributed by atoms with Gasteiger partial charge in [-0.15, -0.1) is 0 Å². The van der Waals surface area contributed by atoms with Crippen LogP contribution in [0.1, 0.15) is 36.9 Å². The lowest BCUT2D eigenvalue weighted by atomic mass is 9.97. The van der Waals surface area contributed by atoms with Crippen LogP contribution in [0.15, 0.2) is 24.3 Å². The van der Waals surface area contributed by atoms with Gasteiger partial charge in [0.05, 0.1) is 12.0 Å². The number of carbonyl (C=O) groups is 1. The molecule has 0 aliphatic carbocycles. The van der Waals surface area contributed by atoms with Crippen molar-refractivity contribution in [3.05, 3.63) is 35.4 Å². The summed E-state index contributed by atoms with van der Waals surface area (Å²) < 4.78 is 0. The maximum absolute atomic E-state index is 12.1. The molecule has 1 heterocycles. The van der Waals surface area contributed by atoms with Crippen LogP contribution >= 0.6 is 0 Å². The van der Waals surface area contributed by atoms with Crippen LogP contribution in [0.4, 0.5) is 0 Å². The highest BCUT2D eigenvalue weighted by Gasteiger charge is 2.22. The zero-order chi connectivity index (χ0) is 13.0. The Morgan fingerprint density at radius 2 is 2.33 bits per heavy atom. The molecule has 0 radical (unpaired) electrons. The molecule has 2 N–H and O–H groups in total. The molecule has 1 saturated heterocycles. The minimum atomic E-state index is 0.0827. The van der Waals surface area contributed by atoms with E-state index in [4.69, 9.17) is 0 Å². The number of hydrogen-bond acceptors (Lipinski definition) is 2. The number of nitrogens with one attached hydrogen (secondary N) is 2. The molecule has 0 spiro atoms. The first-order valence-electron chi connectivity index (χ1n) is 6.74. The topological polar surface area (TPSA) is 41.1 Å². The molecule has 2 rings (SSSR count). The summed E-state index contributed by atoms with van der Waals surface area (Å²) in [5.41, 5.74) is 2.40. The summed E-state index contributed by atoms with van der Waals surface area (Å²) in [6, 6.07) is 8.39. The van der Waals surface area contributed by atoms with Crippen molar-refractivity contribution in [2.24, 2.45) is 5.92 Å². The van der Waals surface area contributed by atoms with Crippen LogP contribution < -0.4 is 10.6 Å². The van der Waals surface area contributed by atoms with Crippen LogP contribution in [-0.4, -0.2) is 19.0 Å². The maximum Gasteiger partial charge on any atom is 0.224 e. The molecule has 98 valence electrons. The standard InChI is InChI=1S/C15H22N2O/c1-11-5-3-6-13(9-11)12(2)17-15(18)14-7-4-8-16-10-14/h3,5-6,9,12,14,16H,4,7-8,10H2,1-2H3,(H,17,18)/t12-,14?/m1/s1. The second-order valence-corrected chi connectivity index (χ2v) is 5.19. The van der Waals surface area contributed by atoms with Gasteiger partial charge in [-0.2, -0.15) is 0 Å². The van der Waals surface area contributed by atoms with Crippen molar-refractivity contribution in [2.75, 3.05) is 13.1 Å². The SMILES string of the molecule is Cc1cccc([C@@H](C)NC(=O)C2CCCNC2)c1. The molecular formula is C15H22N2O. The van der Waals surface area contributed by atoms with Crippen LogP contribution in [-0.2, 0) is 4.79 Å². The molecule has 1 aromatic carbocycles. The molecule has 3 nitrogen and oxygen atoms in total. The van der Waals surface area contributed by atoms with Crippen LogP contribution in [0.2, 0.25) is 0 Å². The Kier molecular flexibility index (Phi) is 4.37. The summed E-state index contributed by atoms with van der Waals surface area (Å²) in [4.78, 5) is 12.1. The molecule has 1 unspecified atom stereocenters. The summed E-state index contributed by atoms with van der Waals surface area (Å²) in [5, 5.41) is 6.39. The molecule has 1 amide bonds. The first-order valence-corrected chi connectivity index (χ1v) is 6.74. The Balaban J connectivity index is 1.94. The number of piperidine rings is 1. The molecule has 1 fully saturated rings. The minimum Gasteiger partial charge on any atom is -0.349 e. The Morgan fingerprint density at radius 1 is 1.50 bits per heavy atom. The first kappa shape index (κ1) is 13.1. The molecule has 2 atom stereocenters. The molecule has 18 heavy (non-hydrogen) atoms. The van der Waals surface area contributed by atoms with Gasteiger partial charge in [-0.1, -0.05) is 29.8 Å². The smallest absolute Gasteiger partial charge is 0.224 e. The first-order chi connectivity index (χ1) is 8.66. The molecule has 1 aromatic rings. The fourth-order valence-corrected chi connectivity index (χ4v) is 2.43. The molecule has 1 aliphatic heterocycles. The van der Waals surface area contributed by atoms with Crippen molar-refractivity contribution < 1.29 is 4.79 Å². The van der Waals surface area contributed by atoms with Gasteiger partial charge in [0, 0.05) is 6.54 Å². The fraction of sp³-hybridized carbons (Fsp3) is 0.533. The third kappa shape index (κ3) is 3.33. The predicted octanol–water partition coefficient (Wildman–Crippen LogP) is 2.17. The summed E-state index contributed by atoms with van der Waals surface area (Å²) >= 11 is 0. The second kappa shape index (κ2) is 6.01. The summed E-state index contributed by atoms with van der Waals surface area (Å²) in [6.45, 7) is 5.97. The highest BCUT2D eigenvalue weighted by atomic mass is 16.1. The van der Waals surface area contributed by atoms with Crippen molar-refractivity contribution in [3.63, 3.8) is 0 Å². The van der Waals surface area contributed by atoms with Gasteiger partial charge in [0.2, 0.25) is 5.91 Å². The van der Waals surface area contributed by atoms with Crippen molar-refractivity contribution in [1.82, 2.24) is 10.6 Å². The number of rotatable bonds is 3. The molecule has 1 aliphatic rings. The molecule has 3 heteroatoms. The van der Waals surface area contributed by atoms with E-state index in [1.165, 1.54) is 11.1 Å². The fourth-order valence-electron chi connectivity index (χ4n) is 2.43. The quantitative estimate of drug-likeness (QED) is 0.858. The maximum atomic E-state index is 12.1. The molecule has 0 aromatic heterocycles. The average molecular weight is 246 g/mol. The Hall–Kier alpha value is -1.35. The van der Waals surface area contributed by atoms with Gasteiger partial charge in [-0.25, -0.2) is 0 Å². The lowest BCUT2D eigenvalue weighted by molar-refractivity contribution is -0.126. The Bertz CT molecular complexity index is 411. The van der Waals surface area contributed by atoms with E-state index in [1.807, 2.05) is 13.0 Å². The van der Waals surface area contributed by atoms with Gasteiger partial charge in [-0.05, 0) is 38.8 Å². The van der Waals surface area contributed by atoms with E-state index >= 15 is 0 Å². The highest BCUT2D eigenvalue weighted by molar-refractivity contribution is 5.79. The van der Waals surface area contributed by atoms with Crippen molar-refractivity contribution in [1.29, 1.82) is 0 Å². The van der Waals surface area contributed by atoms with Crippen LogP contribution in [0, 0.1) is 12.8 Å². The van der Waals surface area contributed by atoms with Gasteiger partial charge in [0.25, 0.3) is 0 Å². The lowest BCUT2D eigenvalue weighted by Crippen LogP contribution is -2.41. The number of benzene rings is 1. The van der Waals surface area contributed by atoms with Crippen molar-refractivity contribution in [2.45, 2.75) is 32.7 Å². The van der Waals surface area contributed by atoms with Gasteiger partial charge >= 0.3 is 0 Å². The van der Waals surface area contributed by atoms with E-state index in [0.717, 1.165) is 25.9 Å². The zero-order valence-corrected chi connectivity index (χ0v) is 11.2. The third-order valence-electron chi connectivity index (χ3n) is 3.57. The van der Waals surface area contributed by atoms with E-state index in [-0.39, 0.29) is 17.9 Å². The highest BCUT2D eigenvalue weighted by Crippen LogP contribution is 2.16. The van der Waals surface area contributed by atoms with Crippen LogP contribution in [0.5, 0.6) is 0 Å². The lowest BCUT2D eigenvalue weighted by Gasteiger charge is -2.24. The largest absolute Gasteiger partial charge is 0.349 e. The van der Waals surface area contributed by atoms with E-state index in [1.54, 1.807) is 0 Å². The summed E-state index contributed by atoms with van der Waals surface area (Å²) in [5.74, 6) is 0.308. The minimum absolute atomic E-state index is 0.0827. The van der Waals surface area contributed by atoms with E-state index in [2.05, 4.69) is 35.8 Å². The average Bonchev–Trinajstić information content (AvgIpc) is 2.39. The number of aryl methyl sites for hydroxylation is 1. The van der Waals surface area contributed by atoms with Crippen molar-refractivity contribution >= 4 is 5.91 Å². The van der Waals surface area contributed by atoms with Gasteiger partial charge in [-0.3, -0.25) is 4.79 Å². The number of hydrogen-bond donors (Lipinski definition) is 2. The van der Waals surface area contributed by atoms with Crippen molar-refractivity contribution in [3.8, 4) is 0 Å². The molecular weight excluding hydrogens is 224 g/mol. The monoisotopic (exact) mass is 246 g/mol. The van der Waals surface area contributed by atoms with Gasteiger partial charge in [0.1, 0.15) is 0 Å². The number of carbonyl (C=O) groups excluding carboxylic acids is 1. The van der Waals surface area contributed by atoms with E-state index < -0.39 is 0 Å². The third-order valence-corrected chi connectivity index (χ3v) is 3.57. The van der Waals surface area contributed by atoms with E-state index in [0.29, 0.717) is 0 Å². The molecule has 0 bridgehead atoms. The van der Waals surface area contributed by atoms with Gasteiger partial charge < -0.3 is 10.6 Å². The second-order valence-electron chi connectivity index (χ2n) is 5.19. The molecule has 0 saturated carbocycles. The normalized spacial score (nSPS) is 21.3. The summed E-state index contributed by atoms with van der Waals surface area (Å²) in [6.07, 6.45) is 2.09. The number of amides is 1. The zero-order valence-electron chi connectivity index (χ0n) is 11.2. The Labute approximate surface area is 109 Å². The van der Waals surface area contributed by atoms with E-state index in [9.17, 15) is 4.79 Å². The summed E-state index contributed by atoms with van der Waals surface area (Å²) in [7, 11) is 0. The van der Waals surface area contributed by atoms with Crippen LogP contribution in [0.3, 0.4) is 0 Å². The predicted molar refractivity (Wildman–Crippen MR) is 73.3 cm³/mol. The Morgan fingerprint density at radius 3 is 3.00 bits per heavy atom. The van der Waals surface area contributed by atoms with Crippen LogP contribution in [0.25, 0.3) is 0 Å². The van der Waals surface area contributed by atoms with Gasteiger partial charge in [0.15, 0.2) is 0 Å².